The van der Waals surface area contributed by atoms with Gasteiger partial charge in [-0.05, 0) is 67.9 Å². The molecule has 1 atom stereocenters. The number of piperidine rings is 1. The monoisotopic (exact) mass is 569 g/mol. The average molecular weight is 570 g/mol. The zero-order valence-corrected chi connectivity index (χ0v) is 22.4. The molecular weight excluding hydrogens is 533 g/mol. The van der Waals surface area contributed by atoms with Gasteiger partial charge in [0.15, 0.2) is 5.96 Å². The number of nitrogens with one attached hydrogen (secondary N) is 3. The minimum atomic E-state index is -0.0403. The Balaban J connectivity index is 0.00000363. The second-order valence-corrected chi connectivity index (χ2v) is 9.10. The van der Waals surface area contributed by atoms with E-state index in [0.717, 1.165) is 37.1 Å². The van der Waals surface area contributed by atoms with Crippen molar-refractivity contribution in [2.75, 3.05) is 33.2 Å². The van der Waals surface area contributed by atoms with Gasteiger partial charge in [-0.15, -0.1) is 35.3 Å². The van der Waals surface area contributed by atoms with Gasteiger partial charge in [-0.3, -0.25) is 14.7 Å². The van der Waals surface area contributed by atoms with E-state index in [4.69, 9.17) is 0 Å². The lowest BCUT2D eigenvalue weighted by Gasteiger charge is -2.36. The van der Waals surface area contributed by atoms with Gasteiger partial charge in [0.2, 0.25) is 0 Å². The molecule has 1 amide bonds. The van der Waals surface area contributed by atoms with Crippen molar-refractivity contribution in [1.29, 1.82) is 0 Å². The van der Waals surface area contributed by atoms with Crippen LogP contribution < -0.4 is 16.0 Å². The second kappa shape index (κ2) is 13.8. The molecule has 32 heavy (non-hydrogen) atoms. The van der Waals surface area contributed by atoms with Crippen LogP contribution in [0.2, 0.25) is 0 Å². The molecule has 0 aliphatic carbocycles. The van der Waals surface area contributed by atoms with Gasteiger partial charge < -0.3 is 16.0 Å². The molecule has 3 N–H and O–H groups in total. The van der Waals surface area contributed by atoms with Crippen LogP contribution >= 0.6 is 35.3 Å². The van der Waals surface area contributed by atoms with Crippen molar-refractivity contribution in [3.8, 4) is 0 Å². The Morgan fingerprint density at radius 2 is 1.97 bits per heavy atom. The van der Waals surface area contributed by atoms with Gasteiger partial charge >= 0.3 is 0 Å². The summed E-state index contributed by atoms with van der Waals surface area (Å²) in [5.41, 5.74) is 1.73. The first-order valence-corrected chi connectivity index (χ1v) is 12.1. The van der Waals surface area contributed by atoms with Crippen molar-refractivity contribution < 1.29 is 4.79 Å². The molecule has 2 heterocycles. The Labute approximate surface area is 213 Å². The molecular formula is C24H36IN5OS. The lowest BCUT2D eigenvalue weighted by atomic mass is 9.97. The number of thiophene rings is 1. The van der Waals surface area contributed by atoms with E-state index in [1.165, 1.54) is 17.7 Å². The highest BCUT2D eigenvalue weighted by atomic mass is 127. The molecule has 176 valence electrons. The number of hydrogen-bond acceptors (Lipinski definition) is 4. The summed E-state index contributed by atoms with van der Waals surface area (Å²) in [6.07, 6.45) is 2.52. The molecule has 6 nitrogen and oxygen atoms in total. The fourth-order valence-corrected chi connectivity index (χ4v) is 4.78. The normalized spacial score (nSPS) is 16.2. The zero-order chi connectivity index (χ0) is 22.1. The van der Waals surface area contributed by atoms with Crippen molar-refractivity contribution in [1.82, 2.24) is 20.9 Å². The maximum atomic E-state index is 12.1. The number of halogens is 1. The van der Waals surface area contributed by atoms with Crippen molar-refractivity contribution in [3.63, 3.8) is 0 Å². The number of carbonyl (C=O) groups excluding carboxylic acids is 1. The number of amides is 1. The molecule has 0 saturated carbocycles. The summed E-state index contributed by atoms with van der Waals surface area (Å²) in [5.74, 6) is 1.55. The first-order chi connectivity index (χ1) is 15.1. The summed E-state index contributed by atoms with van der Waals surface area (Å²) in [7, 11) is 1.79. The van der Waals surface area contributed by atoms with Gasteiger partial charge in [0.25, 0.3) is 5.91 Å². The van der Waals surface area contributed by atoms with E-state index >= 15 is 0 Å². The first-order valence-electron chi connectivity index (χ1n) is 11.2. The summed E-state index contributed by atoms with van der Waals surface area (Å²) >= 11 is 1.82. The Morgan fingerprint density at radius 3 is 2.62 bits per heavy atom. The van der Waals surface area contributed by atoms with Crippen LogP contribution in [-0.2, 0) is 6.54 Å². The van der Waals surface area contributed by atoms with Crippen LogP contribution in [-0.4, -0.2) is 50.0 Å². The first kappa shape index (κ1) is 26.6. The molecule has 1 aromatic carbocycles. The summed E-state index contributed by atoms with van der Waals surface area (Å²) in [5, 5.41) is 11.9. The molecule has 0 spiro atoms. The Bertz CT molecular complexity index is 850. The van der Waals surface area contributed by atoms with E-state index in [0.29, 0.717) is 24.7 Å². The van der Waals surface area contributed by atoms with Gasteiger partial charge in [-0.25, -0.2) is 0 Å². The highest BCUT2D eigenvalue weighted by Crippen LogP contribution is 2.29. The van der Waals surface area contributed by atoms with Crippen LogP contribution in [0, 0.1) is 5.92 Å². The highest BCUT2D eigenvalue weighted by molar-refractivity contribution is 14.0. The molecule has 0 bridgehead atoms. The smallest absolute Gasteiger partial charge is 0.251 e. The van der Waals surface area contributed by atoms with E-state index in [1.807, 2.05) is 42.5 Å². The van der Waals surface area contributed by atoms with Crippen molar-refractivity contribution in [3.05, 3.63) is 57.8 Å². The fourth-order valence-electron chi connectivity index (χ4n) is 3.92. The number of nitrogens with zero attached hydrogens (tertiary/aromatic N) is 2. The summed E-state index contributed by atoms with van der Waals surface area (Å²) < 4.78 is 0. The highest BCUT2D eigenvalue weighted by Gasteiger charge is 2.25. The quantitative estimate of drug-likeness (QED) is 0.253. The third-order valence-corrected chi connectivity index (χ3v) is 6.78. The summed E-state index contributed by atoms with van der Waals surface area (Å²) in [6.45, 7) is 8.61. The van der Waals surface area contributed by atoms with Crippen LogP contribution in [0.15, 0.2) is 46.8 Å². The van der Waals surface area contributed by atoms with E-state index in [2.05, 4.69) is 50.3 Å². The molecule has 1 unspecified atom stereocenters. The molecule has 2 aromatic rings. The third-order valence-electron chi connectivity index (χ3n) is 5.80. The molecule has 0 radical (unpaired) electrons. The van der Waals surface area contributed by atoms with Gasteiger partial charge in [0, 0.05) is 37.1 Å². The van der Waals surface area contributed by atoms with Crippen LogP contribution in [0.3, 0.4) is 0 Å². The Morgan fingerprint density at radius 1 is 1.19 bits per heavy atom. The lowest BCUT2D eigenvalue weighted by Crippen LogP contribution is -2.44. The molecule has 3 rings (SSSR count). The zero-order valence-electron chi connectivity index (χ0n) is 19.3. The van der Waals surface area contributed by atoms with E-state index in [1.54, 1.807) is 7.05 Å². The minimum absolute atomic E-state index is 0. The van der Waals surface area contributed by atoms with Crippen molar-refractivity contribution in [2.24, 2.45) is 10.9 Å². The molecule has 1 aromatic heterocycles. The fraction of sp³-hybridized carbons (Fsp3) is 0.500. The number of aliphatic imine (C=N–C) groups is 1. The Hall–Kier alpha value is -1.65. The van der Waals surface area contributed by atoms with Gasteiger partial charge in [0.05, 0.1) is 6.04 Å². The van der Waals surface area contributed by atoms with Crippen LogP contribution in [0.1, 0.15) is 53.5 Å². The molecule has 1 aliphatic rings. The average Bonchev–Trinajstić information content (AvgIpc) is 3.32. The Kier molecular flexibility index (Phi) is 11.5. The third kappa shape index (κ3) is 7.74. The lowest BCUT2D eigenvalue weighted by molar-refractivity contribution is 0.0955. The van der Waals surface area contributed by atoms with E-state index < -0.39 is 0 Å². The molecule has 8 heteroatoms. The number of rotatable bonds is 8. The number of benzene rings is 1. The molecule has 1 aliphatic heterocycles. The largest absolute Gasteiger partial charge is 0.354 e. The van der Waals surface area contributed by atoms with E-state index in [9.17, 15) is 4.79 Å². The minimum Gasteiger partial charge on any atom is -0.354 e. The number of hydrogen-bond donors (Lipinski definition) is 3. The summed E-state index contributed by atoms with van der Waals surface area (Å²) in [6, 6.07) is 12.4. The predicted octanol–water partition coefficient (Wildman–Crippen LogP) is 4.25. The topological polar surface area (TPSA) is 68.8 Å². The number of carbonyl (C=O) groups is 1. The maximum absolute atomic E-state index is 12.1. The molecule has 1 saturated heterocycles. The van der Waals surface area contributed by atoms with E-state index in [-0.39, 0.29) is 29.9 Å². The number of likely N-dealkylation sites (tertiary alicyclic amines) is 1. The summed E-state index contributed by atoms with van der Waals surface area (Å²) in [4.78, 5) is 20.5. The predicted molar refractivity (Wildman–Crippen MR) is 145 cm³/mol. The van der Waals surface area contributed by atoms with Crippen LogP contribution in [0.5, 0.6) is 0 Å². The van der Waals surface area contributed by atoms with Crippen molar-refractivity contribution >= 4 is 47.2 Å². The second-order valence-electron chi connectivity index (χ2n) is 8.12. The van der Waals surface area contributed by atoms with Crippen LogP contribution in [0.25, 0.3) is 0 Å². The van der Waals surface area contributed by atoms with Crippen LogP contribution in [0.4, 0.5) is 0 Å². The van der Waals surface area contributed by atoms with Gasteiger partial charge in [-0.1, -0.05) is 25.1 Å². The molecule has 1 fully saturated rings. The number of guanidine groups is 1. The van der Waals surface area contributed by atoms with Gasteiger partial charge in [0.1, 0.15) is 0 Å². The van der Waals surface area contributed by atoms with Gasteiger partial charge in [-0.2, -0.15) is 0 Å². The van der Waals surface area contributed by atoms with Crippen molar-refractivity contribution in [2.45, 2.75) is 39.3 Å². The maximum Gasteiger partial charge on any atom is 0.251 e. The standard InChI is InChI=1S/C24H35N5OS.HI/c1-4-26-23(30)20-8-5-7-19(15-20)16-27-24(25-3)28-17-21(22-9-6-14-31-22)29-12-10-18(2)11-13-29;/h5-9,14-15,18,21H,4,10-13,16-17H2,1-3H3,(H,26,30)(H2,25,27,28);1H. The SMILES string of the molecule is CCNC(=O)c1cccc(CNC(=NC)NCC(c2cccs2)N2CCC(C)CC2)c1.I.